The van der Waals surface area contributed by atoms with Gasteiger partial charge in [0.2, 0.25) is 5.95 Å². The van der Waals surface area contributed by atoms with E-state index in [0.29, 0.717) is 18.4 Å². The first-order valence-corrected chi connectivity index (χ1v) is 8.66. The van der Waals surface area contributed by atoms with Gasteiger partial charge in [0.05, 0.1) is 12.1 Å². The summed E-state index contributed by atoms with van der Waals surface area (Å²) in [5, 5.41) is 5.72. The van der Waals surface area contributed by atoms with Crippen LogP contribution in [0.1, 0.15) is 25.5 Å². The zero-order valence-corrected chi connectivity index (χ0v) is 14.7. The molecule has 2 heterocycles. The first-order chi connectivity index (χ1) is 12.6. The van der Waals surface area contributed by atoms with Crippen LogP contribution in [0.2, 0.25) is 0 Å². The van der Waals surface area contributed by atoms with Gasteiger partial charge in [-0.15, -0.1) is 0 Å². The van der Waals surface area contributed by atoms with Gasteiger partial charge in [0, 0.05) is 6.20 Å². The number of nitrogens with one attached hydrogen (secondary N) is 1. The van der Waals surface area contributed by atoms with Crippen molar-refractivity contribution in [1.29, 1.82) is 0 Å². The third kappa shape index (κ3) is 3.06. The van der Waals surface area contributed by atoms with Crippen molar-refractivity contribution in [1.82, 2.24) is 9.97 Å². The molecule has 0 saturated carbocycles. The van der Waals surface area contributed by atoms with Crippen LogP contribution in [0.15, 0.2) is 54.7 Å². The summed E-state index contributed by atoms with van der Waals surface area (Å²) in [7, 11) is 0. The lowest BCUT2D eigenvalue weighted by Gasteiger charge is -2.19. The Morgan fingerprint density at radius 3 is 2.77 bits per heavy atom. The fourth-order valence-electron chi connectivity index (χ4n) is 3.14. The maximum absolute atomic E-state index is 11.9. The van der Waals surface area contributed by atoms with Crippen molar-refractivity contribution in [3.05, 3.63) is 60.3 Å². The number of hydrogen-bond donors (Lipinski definition) is 1. The number of amides is 1. The molecule has 2 aromatic carbocycles. The lowest BCUT2D eigenvalue weighted by molar-refractivity contribution is 0.179. The number of ether oxygens (including phenoxy) is 1. The normalized spacial score (nSPS) is 18.0. The number of anilines is 2. The fourth-order valence-corrected chi connectivity index (χ4v) is 3.14. The maximum Gasteiger partial charge on any atom is 0.415 e. The van der Waals surface area contributed by atoms with Gasteiger partial charge in [0.1, 0.15) is 12.4 Å². The average Bonchev–Trinajstić information content (AvgIpc) is 3.00. The topological polar surface area (TPSA) is 67.4 Å². The second kappa shape index (κ2) is 6.63. The summed E-state index contributed by atoms with van der Waals surface area (Å²) in [5.74, 6) is 1.03. The van der Waals surface area contributed by atoms with Crippen LogP contribution in [0.25, 0.3) is 10.8 Å². The van der Waals surface area contributed by atoms with Crippen LogP contribution < -0.4 is 10.2 Å². The maximum atomic E-state index is 11.9. The first kappa shape index (κ1) is 16.3. The third-order valence-electron chi connectivity index (χ3n) is 4.59. The Balaban J connectivity index is 1.56. The van der Waals surface area contributed by atoms with E-state index in [4.69, 9.17) is 4.74 Å². The van der Waals surface area contributed by atoms with Crippen LogP contribution in [-0.4, -0.2) is 28.7 Å². The Hall–Kier alpha value is -3.15. The molecular weight excluding hydrogens is 328 g/mol. The number of carbonyl (C=O) groups is 1. The molecular formula is C20H20N4O2. The van der Waals surface area contributed by atoms with E-state index in [9.17, 15) is 4.79 Å². The van der Waals surface area contributed by atoms with Gasteiger partial charge in [0.15, 0.2) is 0 Å². The van der Waals surface area contributed by atoms with Crippen molar-refractivity contribution < 1.29 is 9.53 Å². The van der Waals surface area contributed by atoms with Gasteiger partial charge in [-0.25, -0.2) is 9.78 Å². The molecule has 0 radical (unpaired) electrons. The van der Waals surface area contributed by atoms with E-state index in [1.54, 1.807) is 17.2 Å². The van der Waals surface area contributed by atoms with Crippen molar-refractivity contribution in [2.24, 2.45) is 0 Å². The molecule has 3 aromatic rings. The van der Waals surface area contributed by atoms with E-state index in [1.165, 1.54) is 10.8 Å². The Morgan fingerprint density at radius 2 is 2.00 bits per heavy atom. The predicted octanol–water partition coefficient (Wildman–Crippen LogP) is 4.15. The summed E-state index contributed by atoms with van der Waals surface area (Å²) in [6, 6.07) is 16.3. The molecule has 1 aromatic heterocycles. The minimum atomic E-state index is -0.371. The first-order valence-electron chi connectivity index (χ1n) is 8.66. The molecule has 1 aliphatic rings. The van der Waals surface area contributed by atoms with Crippen LogP contribution in [0.3, 0.4) is 0 Å². The molecule has 4 rings (SSSR count). The van der Waals surface area contributed by atoms with Gasteiger partial charge in [-0.1, -0.05) is 36.4 Å². The van der Waals surface area contributed by atoms with Crippen molar-refractivity contribution in [3.8, 4) is 0 Å². The zero-order valence-electron chi connectivity index (χ0n) is 14.7. The molecule has 6 nitrogen and oxygen atoms in total. The standard InChI is InChI=1S/C20H20N4O2/c1-13-12-26-20(25)24(13)18-9-10-21-19(23-18)22-14(2)16-8-7-15-5-3-4-6-17(15)11-16/h3-11,13-14H,12H2,1-2H3,(H,21,22,23)/t13-,14?/m1/s1. The van der Waals surface area contributed by atoms with Crippen LogP contribution in [0.5, 0.6) is 0 Å². The van der Waals surface area contributed by atoms with Gasteiger partial charge in [-0.3, -0.25) is 4.90 Å². The highest BCUT2D eigenvalue weighted by molar-refractivity contribution is 5.89. The monoisotopic (exact) mass is 348 g/mol. The molecule has 6 heteroatoms. The molecule has 1 amide bonds. The summed E-state index contributed by atoms with van der Waals surface area (Å²) in [6.07, 6.45) is 1.28. The summed E-state index contributed by atoms with van der Waals surface area (Å²) in [6.45, 7) is 4.36. The summed E-state index contributed by atoms with van der Waals surface area (Å²) in [4.78, 5) is 22.2. The fraction of sp³-hybridized carbons (Fsp3) is 0.250. The lowest BCUT2D eigenvalue weighted by atomic mass is 10.0. The quantitative estimate of drug-likeness (QED) is 0.767. The number of carbonyl (C=O) groups excluding carboxylic acids is 1. The smallest absolute Gasteiger partial charge is 0.415 e. The number of hydrogen-bond acceptors (Lipinski definition) is 5. The number of benzene rings is 2. The number of cyclic esters (lactones) is 1. The Morgan fingerprint density at radius 1 is 1.19 bits per heavy atom. The van der Waals surface area contributed by atoms with Crippen molar-refractivity contribution >= 4 is 28.6 Å². The average molecular weight is 348 g/mol. The molecule has 1 saturated heterocycles. The number of fused-ring (bicyclic) bond motifs is 1. The van der Waals surface area contributed by atoms with E-state index in [2.05, 4.69) is 52.5 Å². The van der Waals surface area contributed by atoms with Crippen LogP contribution in [0.4, 0.5) is 16.6 Å². The Kier molecular flexibility index (Phi) is 4.16. The SMILES string of the molecule is CC(Nc1nccc(N2C(=O)OC[C@H]2C)n1)c1ccc2ccccc2c1. The van der Waals surface area contributed by atoms with E-state index < -0.39 is 0 Å². The Labute approximate surface area is 151 Å². The van der Waals surface area contributed by atoms with Crippen LogP contribution in [0, 0.1) is 0 Å². The van der Waals surface area contributed by atoms with Gasteiger partial charge >= 0.3 is 6.09 Å². The number of nitrogens with zero attached hydrogens (tertiary/aromatic N) is 3. The van der Waals surface area contributed by atoms with Gasteiger partial charge < -0.3 is 10.1 Å². The number of rotatable bonds is 4. The predicted molar refractivity (Wildman–Crippen MR) is 101 cm³/mol. The van der Waals surface area contributed by atoms with E-state index >= 15 is 0 Å². The second-order valence-electron chi connectivity index (χ2n) is 6.51. The molecule has 1 fully saturated rings. The summed E-state index contributed by atoms with van der Waals surface area (Å²) in [5.41, 5.74) is 1.15. The number of aromatic nitrogens is 2. The highest BCUT2D eigenvalue weighted by Crippen LogP contribution is 2.24. The minimum Gasteiger partial charge on any atom is -0.447 e. The second-order valence-corrected chi connectivity index (χ2v) is 6.51. The van der Waals surface area contributed by atoms with Gasteiger partial charge in [-0.05, 0) is 42.3 Å². The largest absolute Gasteiger partial charge is 0.447 e. The zero-order chi connectivity index (χ0) is 18.1. The molecule has 0 aliphatic carbocycles. The molecule has 1 N–H and O–H groups in total. The van der Waals surface area contributed by atoms with E-state index in [-0.39, 0.29) is 18.2 Å². The van der Waals surface area contributed by atoms with Crippen molar-refractivity contribution in [2.45, 2.75) is 25.9 Å². The molecule has 2 atom stereocenters. The molecule has 1 unspecified atom stereocenters. The molecule has 132 valence electrons. The summed E-state index contributed by atoms with van der Waals surface area (Å²) < 4.78 is 5.07. The van der Waals surface area contributed by atoms with E-state index in [1.807, 2.05) is 19.1 Å². The van der Waals surface area contributed by atoms with Crippen LogP contribution in [-0.2, 0) is 4.74 Å². The van der Waals surface area contributed by atoms with Gasteiger partial charge in [0.25, 0.3) is 0 Å². The highest BCUT2D eigenvalue weighted by atomic mass is 16.6. The third-order valence-corrected chi connectivity index (χ3v) is 4.59. The van der Waals surface area contributed by atoms with Crippen molar-refractivity contribution in [3.63, 3.8) is 0 Å². The molecule has 0 bridgehead atoms. The Bertz CT molecular complexity index is 959. The van der Waals surface area contributed by atoms with Crippen molar-refractivity contribution in [2.75, 3.05) is 16.8 Å². The molecule has 1 aliphatic heterocycles. The van der Waals surface area contributed by atoms with E-state index in [0.717, 1.165) is 5.56 Å². The lowest BCUT2D eigenvalue weighted by Crippen LogP contribution is -2.31. The van der Waals surface area contributed by atoms with Gasteiger partial charge in [-0.2, -0.15) is 4.98 Å². The molecule has 26 heavy (non-hydrogen) atoms. The summed E-state index contributed by atoms with van der Waals surface area (Å²) >= 11 is 0. The minimum absolute atomic E-state index is 0.0257. The van der Waals surface area contributed by atoms with Crippen LogP contribution >= 0.6 is 0 Å². The molecule has 0 spiro atoms. The highest BCUT2D eigenvalue weighted by Gasteiger charge is 2.32.